The Morgan fingerprint density at radius 3 is 2.55 bits per heavy atom. The molecule has 2 rings (SSSR count). The smallest absolute Gasteiger partial charge is 0.0654 e. The zero-order chi connectivity index (χ0) is 8.11. The van der Waals surface area contributed by atoms with Gasteiger partial charge in [-0.1, -0.05) is 6.92 Å². The number of aliphatic hydroxyl groups is 2. The molecular weight excluding hydrogens is 140 g/mol. The maximum absolute atomic E-state index is 9.89. The minimum absolute atomic E-state index is 0.144. The molecule has 2 saturated carbocycles. The highest BCUT2D eigenvalue weighted by atomic mass is 16.3. The Hall–Kier alpha value is -0.0800. The predicted molar refractivity (Wildman–Crippen MR) is 42.1 cm³/mol. The molecule has 0 saturated heterocycles. The Bertz CT molecular complexity index is 172. The molecule has 2 fully saturated rings. The lowest BCUT2D eigenvalue weighted by molar-refractivity contribution is 0.0185. The highest BCUT2D eigenvalue weighted by molar-refractivity contribution is 5.13. The first kappa shape index (κ1) is 7.56. The highest BCUT2D eigenvalue weighted by Gasteiger charge is 2.63. The fourth-order valence-electron chi connectivity index (χ4n) is 2.64. The number of hydrogen-bond donors (Lipinski definition) is 2. The van der Waals surface area contributed by atoms with E-state index in [-0.39, 0.29) is 12.0 Å². The standard InChI is InChI=1S/C9H16O2/c1-2-9(11)4-7-3-8(7,5-9)6-10/h7,10-11H,2-6H2,1H3/t7-,8?,9+/m0/s1. The molecule has 2 aliphatic carbocycles. The molecule has 0 aliphatic heterocycles. The van der Waals surface area contributed by atoms with Gasteiger partial charge in [-0.2, -0.15) is 0 Å². The van der Waals surface area contributed by atoms with Crippen molar-refractivity contribution in [2.24, 2.45) is 11.3 Å². The third-order valence-corrected chi connectivity index (χ3v) is 3.64. The molecule has 64 valence electrons. The maximum Gasteiger partial charge on any atom is 0.0654 e. The van der Waals surface area contributed by atoms with Crippen LogP contribution in [0.4, 0.5) is 0 Å². The van der Waals surface area contributed by atoms with Crippen molar-refractivity contribution in [3.63, 3.8) is 0 Å². The molecule has 0 aromatic rings. The summed E-state index contributed by atoms with van der Waals surface area (Å²) in [5.74, 6) is 0.623. The van der Waals surface area contributed by atoms with Crippen molar-refractivity contribution in [2.75, 3.05) is 6.61 Å². The summed E-state index contributed by atoms with van der Waals surface area (Å²) in [6, 6.07) is 0. The number of aliphatic hydroxyl groups excluding tert-OH is 1. The summed E-state index contributed by atoms with van der Waals surface area (Å²) >= 11 is 0. The lowest BCUT2D eigenvalue weighted by atomic mass is 9.91. The fourth-order valence-corrected chi connectivity index (χ4v) is 2.64. The Morgan fingerprint density at radius 1 is 1.45 bits per heavy atom. The molecule has 3 atom stereocenters. The van der Waals surface area contributed by atoms with Gasteiger partial charge in [-0.25, -0.2) is 0 Å². The van der Waals surface area contributed by atoms with Crippen LogP contribution in [0.5, 0.6) is 0 Å². The third-order valence-electron chi connectivity index (χ3n) is 3.64. The fraction of sp³-hybridized carbons (Fsp3) is 1.00. The van der Waals surface area contributed by atoms with Crippen LogP contribution in [-0.2, 0) is 0 Å². The summed E-state index contributed by atoms with van der Waals surface area (Å²) < 4.78 is 0. The summed E-state index contributed by atoms with van der Waals surface area (Å²) in [6.45, 7) is 2.30. The van der Waals surface area contributed by atoms with E-state index in [1.807, 2.05) is 6.92 Å². The van der Waals surface area contributed by atoms with Crippen LogP contribution in [0.1, 0.15) is 32.6 Å². The normalized spacial score (nSPS) is 54.3. The van der Waals surface area contributed by atoms with Crippen LogP contribution in [-0.4, -0.2) is 22.4 Å². The minimum Gasteiger partial charge on any atom is -0.396 e. The molecule has 0 aromatic carbocycles. The lowest BCUT2D eigenvalue weighted by Gasteiger charge is -2.23. The van der Waals surface area contributed by atoms with Gasteiger partial charge in [-0.15, -0.1) is 0 Å². The van der Waals surface area contributed by atoms with Gasteiger partial charge in [0.05, 0.1) is 5.60 Å². The van der Waals surface area contributed by atoms with Crippen LogP contribution < -0.4 is 0 Å². The maximum atomic E-state index is 9.89. The molecule has 0 heterocycles. The molecule has 1 unspecified atom stereocenters. The van der Waals surface area contributed by atoms with Crippen LogP contribution >= 0.6 is 0 Å². The van der Waals surface area contributed by atoms with Crippen LogP contribution in [0.2, 0.25) is 0 Å². The van der Waals surface area contributed by atoms with Gasteiger partial charge in [-0.3, -0.25) is 0 Å². The Kier molecular flexibility index (Phi) is 1.37. The Balaban J connectivity index is 2.07. The van der Waals surface area contributed by atoms with Gasteiger partial charge in [0.25, 0.3) is 0 Å². The molecular formula is C9H16O2. The van der Waals surface area contributed by atoms with E-state index in [0.717, 1.165) is 25.7 Å². The van der Waals surface area contributed by atoms with Crippen LogP contribution in [0.25, 0.3) is 0 Å². The van der Waals surface area contributed by atoms with E-state index in [1.54, 1.807) is 0 Å². The van der Waals surface area contributed by atoms with Crippen molar-refractivity contribution in [1.82, 2.24) is 0 Å². The lowest BCUT2D eigenvalue weighted by Crippen LogP contribution is -2.27. The molecule has 2 N–H and O–H groups in total. The number of fused-ring (bicyclic) bond motifs is 1. The number of rotatable bonds is 2. The van der Waals surface area contributed by atoms with Crippen molar-refractivity contribution in [1.29, 1.82) is 0 Å². The molecule has 2 heteroatoms. The SMILES string of the molecule is CC[C@@]1(O)C[C@@H]2CC2(CO)C1. The van der Waals surface area contributed by atoms with E-state index >= 15 is 0 Å². The molecule has 0 amide bonds. The van der Waals surface area contributed by atoms with E-state index < -0.39 is 5.60 Å². The quantitative estimate of drug-likeness (QED) is 0.624. The molecule has 2 aliphatic rings. The van der Waals surface area contributed by atoms with E-state index in [0.29, 0.717) is 5.92 Å². The largest absolute Gasteiger partial charge is 0.396 e. The van der Waals surface area contributed by atoms with E-state index in [2.05, 4.69) is 0 Å². The molecule has 2 nitrogen and oxygen atoms in total. The summed E-state index contributed by atoms with van der Waals surface area (Å²) in [5.41, 5.74) is -0.295. The van der Waals surface area contributed by atoms with Crippen molar-refractivity contribution < 1.29 is 10.2 Å². The van der Waals surface area contributed by atoms with Gasteiger partial charge in [0.1, 0.15) is 0 Å². The number of hydrogen-bond acceptors (Lipinski definition) is 2. The Labute approximate surface area is 67.2 Å². The van der Waals surface area contributed by atoms with Gasteiger partial charge in [0, 0.05) is 6.61 Å². The average Bonchev–Trinajstić information content (AvgIpc) is 2.57. The zero-order valence-electron chi connectivity index (χ0n) is 7.01. The molecule has 0 aromatic heterocycles. The molecule has 0 radical (unpaired) electrons. The van der Waals surface area contributed by atoms with Gasteiger partial charge in [0.2, 0.25) is 0 Å². The highest BCUT2D eigenvalue weighted by Crippen LogP contribution is 2.66. The van der Waals surface area contributed by atoms with Crippen LogP contribution in [0, 0.1) is 11.3 Å². The first-order valence-corrected chi connectivity index (χ1v) is 4.47. The minimum atomic E-state index is -0.439. The summed E-state index contributed by atoms with van der Waals surface area (Å²) in [4.78, 5) is 0. The molecule has 0 bridgehead atoms. The van der Waals surface area contributed by atoms with E-state index in [4.69, 9.17) is 5.11 Å². The first-order valence-electron chi connectivity index (χ1n) is 4.47. The molecule has 0 spiro atoms. The van der Waals surface area contributed by atoms with Crippen molar-refractivity contribution in [3.8, 4) is 0 Å². The average molecular weight is 156 g/mol. The van der Waals surface area contributed by atoms with Crippen molar-refractivity contribution in [3.05, 3.63) is 0 Å². The van der Waals surface area contributed by atoms with Gasteiger partial charge >= 0.3 is 0 Å². The van der Waals surface area contributed by atoms with Crippen molar-refractivity contribution >= 4 is 0 Å². The summed E-state index contributed by atoms with van der Waals surface area (Å²) in [5, 5.41) is 19.0. The summed E-state index contributed by atoms with van der Waals surface area (Å²) in [7, 11) is 0. The predicted octanol–water partition coefficient (Wildman–Crippen LogP) is 0.920. The van der Waals surface area contributed by atoms with E-state index in [1.165, 1.54) is 0 Å². The second-order valence-corrected chi connectivity index (χ2v) is 4.38. The van der Waals surface area contributed by atoms with Crippen LogP contribution in [0.3, 0.4) is 0 Å². The topological polar surface area (TPSA) is 40.5 Å². The van der Waals surface area contributed by atoms with Gasteiger partial charge < -0.3 is 10.2 Å². The Morgan fingerprint density at radius 2 is 2.18 bits per heavy atom. The monoisotopic (exact) mass is 156 g/mol. The summed E-state index contributed by atoms with van der Waals surface area (Å²) in [6.07, 6.45) is 3.73. The second kappa shape index (κ2) is 1.99. The zero-order valence-corrected chi connectivity index (χ0v) is 7.01. The van der Waals surface area contributed by atoms with Crippen LogP contribution in [0.15, 0.2) is 0 Å². The van der Waals surface area contributed by atoms with Crippen molar-refractivity contribution in [2.45, 2.75) is 38.2 Å². The van der Waals surface area contributed by atoms with E-state index in [9.17, 15) is 5.11 Å². The first-order chi connectivity index (χ1) is 5.14. The van der Waals surface area contributed by atoms with Gasteiger partial charge in [-0.05, 0) is 37.0 Å². The third kappa shape index (κ3) is 0.926. The van der Waals surface area contributed by atoms with Gasteiger partial charge in [0.15, 0.2) is 0 Å². The molecule has 11 heavy (non-hydrogen) atoms. The second-order valence-electron chi connectivity index (χ2n) is 4.38.